The first-order valence-electron chi connectivity index (χ1n) is 5.14. The summed E-state index contributed by atoms with van der Waals surface area (Å²) in [5.41, 5.74) is 2.26. The summed E-state index contributed by atoms with van der Waals surface area (Å²) in [4.78, 5) is 4.43. The minimum atomic E-state index is 0.925. The fourth-order valence-corrected chi connectivity index (χ4v) is 2.44. The molecule has 4 heteroatoms. The minimum Gasteiger partial charge on any atom is -0.385 e. The molecule has 84 valence electrons. The zero-order valence-corrected chi connectivity index (χ0v) is 11.4. The first kappa shape index (κ1) is 11.6. The summed E-state index contributed by atoms with van der Waals surface area (Å²) in [6.45, 7) is 2.96. The number of hydrogen-bond acceptors (Lipinski definition) is 3. The van der Waals surface area contributed by atoms with Gasteiger partial charge in [0.05, 0.1) is 5.01 Å². The monoisotopic (exact) mass is 296 g/mol. The van der Waals surface area contributed by atoms with Gasteiger partial charge in [-0.2, -0.15) is 0 Å². The predicted octanol–water partition coefficient (Wildman–Crippen LogP) is 3.87. The third-order valence-corrected chi connectivity index (χ3v) is 3.73. The van der Waals surface area contributed by atoms with Crippen LogP contribution in [0, 0.1) is 6.92 Å². The third-order valence-electron chi connectivity index (χ3n) is 2.18. The van der Waals surface area contributed by atoms with E-state index >= 15 is 0 Å². The van der Waals surface area contributed by atoms with Crippen LogP contribution in [0.3, 0.4) is 0 Å². The number of nitrogens with one attached hydrogen (secondary N) is 1. The third kappa shape index (κ3) is 3.32. The summed E-state index contributed by atoms with van der Waals surface area (Å²) in [6.07, 6.45) is 0.981. The van der Waals surface area contributed by atoms with Crippen LogP contribution < -0.4 is 5.32 Å². The lowest BCUT2D eigenvalue weighted by atomic mass is 10.3. The van der Waals surface area contributed by atoms with E-state index in [0.29, 0.717) is 0 Å². The fraction of sp³-hybridized carbons (Fsp3) is 0.250. The Morgan fingerprint density at radius 2 is 2.06 bits per heavy atom. The Kier molecular flexibility index (Phi) is 3.96. The predicted molar refractivity (Wildman–Crippen MR) is 73.2 cm³/mol. The SMILES string of the molecule is Cc1csc(CCNc2ccc(Br)cc2)n1. The molecule has 0 spiro atoms. The Bertz CT molecular complexity index is 450. The molecule has 0 radical (unpaired) electrons. The van der Waals surface area contributed by atoms with E-state index < -0.39 is 0 Å². The first-order chi connectivity index (χ1) is 7.74. The van der Waals surface area contributed by atoms with Crippen LogP contribution in [0.1, 0.15) is 10.7 Å². The van der Waals surface area contributed by atoms with Gasteiger partial charge >= 0.3 is 0 Å². The second-order valence-electron chi connectivity index (χ2n) is 3.57. The van der Waals surface area contributed by atoms with E-state index in [2.05, 4.69) is 43.7 Å². The number of aryl methyl sites for hydroxylation is 1. The molecule has 1 aromatic carbocycles. The number of benzene rings is 1. The lowest BCUT2D eigenvalue weighted by molar-refractivity contribution is 0.987. The molecule has 2 nitrogen and oxygen atoms in total. The Morgan fingerprint density at radius 3 is 2.69 bits per heavy atom. The summed E-state index contributed by atoms with van der Waals surface area (Å²) in [5, 5.41) is 6.66. The van der Waals surface area contributed by atoms with Crippen LogP contribution >= 0.6 is 27.3 Å². The number of halogens is 1. The molecule has 0 aliphatic heterocycles. The van der Waals surface area contributed by atoms with Gasteiger partial charge in [0, 0.05) is 34.2 Å². The second-order valence-corrected chi connectivity index (χ2v) is 5.42. The van der Waals surface area contributed by atoms with E-state index in [9.17, 15) is 0 Å². The zero-order valence-electron chi connectivity index (χ0n) is 9.03. The molecule has 0 atom stereocenters. The minimum absolute atomic E-state index is 0.925. The van der Waals surface area contributed by atoms with Gasteiger partial charge in [0.1, 0.15) is 0 Å². The molecular formula is C12H13BrN2S. The van der Waals surface area contributed by atoms with Crippen molar-refractivity contribution in [2.75, 3.05) is 11.9 Å². The smallest absolute Gasteiger partial charge is 0.0945 e. The van der Waals surface area contributed by atoms with Crippen molar-refractivity contribution in [2.45, 2.75) is 13.3 Å². The van der Waals surface area contributed by atoms with Gasteiger partial charge in [0.25, 0.3) is 0 Å². The fourth-order valence-electron chi connectivity index (χ4n) is 1.40. The number of hydrogen-bond donors (Lipinski definition) is 1. The molecule has 0 unspecified atom stereocenters. The molecule has 0 saturated carbocycles. The molecule has 0 bridgehead atoms. The summed E-state index contributed by atoms with van der Waals surface area (Å²) in [5.74, 6) is 0. The van der Waals surface area contributed by atoms with Crippen LogP contribution in [0.25, 0.3) is 0 Å². The molecule has 0 fully saturated rings. The van der Waals surface area contributed by atoms with Gasteiger partial charge in [-0.25, -0.2) is 4.98 Å². The highest BCUT2D eigenvalue weighted by atomic mass is 79.9. The van der Waals surface area contributed by atoms with Crippen LogP contribution in [-0.4, -0.2) is 11.5 Å². The highest BCUT2D eigenvalue weighted by molar-refractivity contribution is 9.10. The summed E-state index contributed by atoms with van der Waals surface area (Å²) < 4.78 is 1.11. The van der Waals surface area contributed by atoms with Gasteiger partial charge in [0.2, 0.25) is 0 Å². The van der Waals surface area contributed by atoms with Gasteiger partial charge in [-0.05, 0) is 31.2 Å². The zero-order chi connectivity index (χ0) is 11.4. The Labute approximate surface area is 108 Å². The molecule has 0 aliphatic rings. The van der Waals surface area contributed by atoms with Crippen molar-refractivity contribution < 1.29 is 0 Å². The van der Waals surface area contributed by atoms with E-state index in [1.165, 1.54) is 5.01 Å². The quantitative estimate of drug-likeness (QED) is 0.926. The van der Waals surface area contributed by atoms with Crippen LogP contribution in [-0.2, 0) is 6.42 Å². The maximum absolute atomic E-state index is 4.43. The van der Waals surface area contributed by atoms with Gasteiger partial charge < -0.3 is 5.32 Å². The van der Waals surface area contributed by atoms with E-state index in [0.717, 1.165) is 28.8 Å². The largest absolute Gasteiger partial charge is 0.385 e. The van der Waals surface area contributed by atoms with Crippen LogP contribution in [0.15, 0.2) is 34.1 Å². The average Bonchev–Trinajstić information content (AvgIpc) is 2.67. The number of nitrogens with zero attached hydrogens (tertiary/aromatic N) is 1. The van der Waals surface area contributed by atoms with Crippen molar-refractivity contribution in [3.05, 3.63) is 44.8 Å². The average molecular weight is 297 g/mol. The lowest BCUT2D eigenvalue weighted by Crippen LogP contribution is -2.04. The Balaban J connectivity index is 1.82. The Morgan fingerprint density at radius 1 is 1.31 bits per heavy atom. The summed E-state index contributed by atoms with van der Waals surface area (Å²) in [7, 11) is 0. The molecule has 0 aliphatic carbocycles. The number of thiazole rings is 1. The topological polar surface area (TPSA) is 24.9 Å². The molecule has 1 heterocycles. The van der Waals surface area contributed by atoms with Crippen molar-refractivity contribution in [3.63, 3.8) is 0 Å². The van der Waals surface area contributed by atoms with Crippen LogP contribution in [0.4, 0.5) is 5.69 Å². The van der Waals surface area contributed by atoms with E-state index in [4.69, 9.17) is 0 Å². The van der Waals surface area contributed by atoms with E-state index in [1.54, 1.807) is 11.3 Å². The van der Waals surface area contributed by atoms with Crippen molar-refractivity contribution in [1.29, 1.82) is 0 Å². The van der Waals surface area contributed by atoms with Crippen molar-refractivity contribution >= 4 is 33.0 Å². The van der Waals surface area contributed by atoms with Crippen LogP contribution in [0.5, 0.6) is 0 Å². The maximum atomic E-state index is 4.43. The van der Waals surface area contributed by atoms with Gasteiger partial charge in [-0.1, -0.05) is 15.9 Å². The maximum Gasteiger partial charge on any atom is 0.0945 e. The van der Waals surface area contributed by atoms with Crippen molar-refractivity contribution in [1.82, 2.24) is 4.98 Å². The molecule has 0 amide bonds. The van der Waals surface area contributed by atoms with Gasteiger partial charge in [0.15, 0.2) is 0 Å². The highest BCUT2D eigenvalue weighted by Crippen LogP contribution is 2.14. The molecule has 2 aromatic rings. The molecule has 0 saturated heterocycles. The summed E-state index contributed by atoms with van der Waals surface area (Å²) in [6, 6.07) is 8.21. The Hall–Kier alpha value is -0.870. The van der Waals surface area contributed by atoms with Gasteiger partial charge in [-0.3, -0.25) is 0 Å². The van der Waals surface area contributed by atoms with Crippen molar-refractivity contribution in [3.8, 4) is 0 Å². The normalized spacial score (nSPS) is 10.4. The van der Waals surface area contributed by atoms with Crippen LogP contribution in [0.2, 0.25) is 0 Å². The van der Waals surface area contributed by atoms with Crippen molar-refractivity contribution in [2.24, 2.45) is 0 Å². The number of aromatic nitrogens is 1. The molecule has 1 N–H and O–H groups in total. The molecular weight excluding hydrogens is 284 g/mol. The highest BCUT2D eigenvalue weighted by Gasteiger charge is 1.98. The summed E-state index contributed by atoms with van der Waals surface area (Å²) >= 11 is 5.15. The number of rotatable bonds is 4. The molecule has 16 heavy (non-hydrogen) atoms. The first-order valence-corrected chi connectivity index (χ1v) is 6.82. The second kappa shape index (κ2) is 5.46. The van der Waals surface area contributed by atoms with E-state index in [1.807, 2.05) is 19.1 Å². The standard InChI is InChI=1S/C12H13BrN2S/c1-9-8-16-12(15-9)6-7-14-11-4-2-10(13)3-5-11/h2-5,8,14H,6-7H2,1H3. The van der Waals surface area contributed by atoms with Gasteiger partial charge in [-0.15, -0.1) is 11.3 Å². The molecule has 1 aromatic heterocycles. The van der Waals surface area contributed by atoms with E-state index in [-0.39, 0.29) is 0 Å². The number of anilines is 1. The molecule has 2 rings (SSSR count). The lowest BCUT2D eigenvalue weighted by Gasteiger charge is -2.04.